The van der Waals surface area contributed by atoms with E-state index in [1.54, 1.807) is 4.90 Å². The first-order chi connectivity index (χ1) is 9.48. The van der Waals surface area contributed by atoms with Gasteiger partial charge in [0, 0.05) is 10.0 Å². The van der Waals surface area contributed by atoms with Crippen LogP contribution >= 0.6 is 15.9 Å². The van der Waals surface area contributed by atoms with Crippen LogP contribution in [0, 0.1) is 6.92 Å². The molecule has 0 fully saturated rings. The van der Waals surface area contributed by atoms with Gasteiger partial charge in [-0.2, -0.15) is 0 Å². The Hall–Kier alpha value is -1.23. The second kappa shape index (κ2) is 5.20. The summed E-state index contributed by atoms with van der Waals surface area (Å²) in [5.74, 6) is 0. The number of hydrogen-bond donors (Lipinski definition) is 1. The van der Waals surface area contributed by atoms with Gasteiger partial charge in [0.05, 0.1) is 17.9 Å². The maximum Gasteiger partial charge on any atom is 0.414 e. The van der Waals surface area contributed by atoms with Crippen LogP contribution in [-0.4, -0.2) is 23.8 Å². The summed E-state index contributed by atoms with van der Waals surface area (Å²) in [6.07, 6.45) is -0.302. The van der Waals surface area contributed by atoms with E-state index < -0.39 is 5.60 Å². The molecule has 4 nitrogen and oxygen atoms in total. The Morgan fingerprint density at radius 1 is 1.38 bits per heavy atom. The molecule has 21 heavy (non-hydrogen) atoms. The highest BCUT2D eigenvalue weighted by molar-refractivity contribution is 9.10. The van der Waals surface area contributed by atoms with E-state index in [4.69, 9.17) is 4.74 Å². The average Bonchev–Trinajstić information content (AvgIpc) is 2.22. The number of amides is 1. The predicted molar refractivity (Wildman–Crippen MR) is 90.2 cm³/mol. The van der Waals surface area contributed by atoms with Crippen LogP contribution in [0.15, 0.2) is 16.6 Å². The summed E-state index contributed by atoms with van der Waals surface area (Å²) in [4.78, 5) is 14.3. The van der Waals surface area contributed by atoms with Crippen molar-refractivity contribution in [2.45, 2.75) is 52.7 Å². The molecule has 1 aromatic carbocycles. The number of hydrogen-bond acceptors (Lipinski definition) is 3. The zero-order valence-corrected chi connectivity index (χ0v) is 15.1. The number of halogens is 1. The fourth-order valence-electron chi connectivity index (χ4n) is 2.54. The maximum atomic E-state index is 12.6. The van der Waals surface area contributed by atoms with Crippen molar-refractivity contribution in [3.63, 3.8) is 0 Å². The van der Waals surface area contributed by atoms with Crippen LogP contribution in [0.2, 0.25) is 0 Å². The van der Waals surface area contributed by atoms with Crippen molar-refractivity contribution in [3.8, 4) is 0 Å². The number of ether oxygens (including phenoxy) is 1. The van der Waals surface area contributed by atoms with Crippen LogP contribution in [0.1, 0.15) is 40.2 Å². The summed E-state index contributed by atoms with van der Waals surface area (Å²) in [7, 11) is 0. The number of benzene rings is 1. The molecule has 0 bridgehead atoms. The maximum absolute atomic E-state index is 12.6. The van der Waals surface area contributed by atoms with Crippen molar-refractivity contribution in [3.05, 3.63) is 22.2 Å². The van der Waals surface area contributed by atoms with Gasteiger partial charge in [0.25, 0.3) is 0 Å². The molecule has 0 saturated carbocycles. The van der Waals surface area contributed by atoms with Gasteiger partial charge in [0.1, 0.15) is 5.60 Å². The molecule has 0 unspecified atom stereocenters. The van der Waals surface area contributed by atoms with E-state index in [9.17, 15) is 4.79 Å². The average molecular weight is 355 g/mol. The fraction of sp³-hybridized carbons (Fsp3) is 0.562. The molecule has 1 aliphatic rings. The number of carbonyl (C=O) groups excluding carboxylic acids is 1. The third-order valence-corrected chi connectivity index (χ3v) is 3.63. The van der Waals surface area contributed by atoms with E-state index in [2.05, 4.69) is 35.1 Å². The zero-order valence-electron chi connectivity index (χ0n) is 13.5. The predicted octanol–water partition coefficient (Wildman–Crippen LogP) is 4.70. The van der Waals surface area contributed by atoms with E-state index >= 15 is 0 Å². The molecular formula is C16H23BrN2O2. The molecule has 2 rings (SSSR count). The molecule has 5 heteroatoms. The van der Waals surface area contributed by atoms with Crippen molar-refractivity contribution in [2.24, 2.45) is 0 Å². The number of nitrogens with one attached hydrogen (secondary N) is 1. The molecule has 116 valence electrons. The van der Waals surface area contributed by atoms with Crippen LogP contribution in [-0.2, 0) is 4.74 Å². The summed E-state index contributed by atoms with van der Waals surface area (Å²) in [6, 6.07) is 4.01. The Morgan fingerprint density at radius 3 is 2.57 bits per heavy atom. The molecule has 1 heterocycles. The number of nitrogens with zero attached hydrogens (tertiary/aromatic N) is 1. The highest BCUT2D eigenvalue weighted by atomic mass is 79.9. The first kappa shape index (κ1) is 16.1. The van der Waals surface area contributed by atoms with Crippen LogP contribution in [0.5, 0.6) is 0 Å². The van der Waals surface area contributed by atoms with Crippen molar-refractivity contribution >= 4 is 33.4 Å². The van der Waals surface area contributed by atoms with E-state index in [1.165, 1.54) is 0 Å². The van der Waals surface area contributed by atoms with Crippen LogP contribution in [0.25, 0.3) is 0 Å². The third-order valence-electron chi connectivity index (χ3n) is 3.18. The molecule has 1 aromatic rings. The van der Waals surface area contributed by atoms with Crippen LogP contribution in [0.3, 0.4) is 0 Å². The molecular weight excluding hydrogens is 332 g/mol. The quantitative estimate of drug-likeness (QED) is 0.733. The van der Waals surface area contributed by atoms with E-state index in [0.29, 0.717) is 6.54 Å². The normalized spacial score (nSPS) is 17.0. The van der Waals surface area contributed by atoms with E-state index in [-0.39, 0.29) is 11.6 Å². The van der Waals surface area contributed by atoms with Gasteiger partial charge in [-0.15, -0.1) is 0 Å². The second-order valence-corrected chi connectivity index (χ2v) is 8.11. The SMILES string of the molecule is Cc1cc(Br)cc2c1N(C(=O)OC(C)(C)C)CC(C)(C)N2. The third kappa shape index (κ3) is 3.70. The number of fused-ring (bicyclic) bond motifs is 1. The smallest absolute Gasteiger partial charge is 0.414 e. The Kier molecular flexibility index (Phi) is 4.00. The van der Waals surface area contributed by atoms with Gasteiger partial charge < -0.3 is 10.1 Å². The highest BCUT2D eigenvalue weighted by Crippen LogP contribution is 2.39. The molecule has 1 amide bonds. The van der Waals surface area contributed by atoms with Gasteiger partial charge in [-0.25, -0.2) is 4.79 Å². The summed E-state index contributed by atoms with van der Waals surface area (Å²) in [5, 5.41) is 3.49. The summed E-state index contributed by atoms with van der Waals surface area (Å²) >= 11 is 3.51. The summed E-state index contributed by atoms with van der Waals surface area (Å²) < 4.78 is 6.55. The number of aryl methyl sites for hydroxylation is 1. The molecule has 0 aliphatic carbocycles. The summed E-state index contributed by atoms with van der Waals surface area (Å²) in [5.41, 5.74) is 2.16. The monoisotopic (exact) mass is 354 g/mol. The Labute approximate surface area is 135 Å². The zero-order chi connectivity index (χ0) is 16.0. The van der Waals surface area contributed by atoms with Crippen molar-refractivity contribution < 1.29 is 9.53 Å². The number of anilines is 2. The summed E-state index contributed by atoms with van der Waals surface area (Å²) in [6.45, 7) is 12.4. The van der Waals surface area contributed by atoms with Crippen molar-refractivity contribution in [1.82, 2.24) is 0 Å². The highest BCUT2D eigenvalue weighted by Gasteiger charge is 2.36. The molecule has 1 N–H and O–H groups in total. The van der Waals surface area contributed by atoms with Crippen molar-refractivity contribution in [1.29, 1.82) is 0 Å². The standard InChI is InChI=1S/C16H23BrN2O2/c1-10-7-11(17)8-12-13(10)19(9-16(5,6)18-12)14(20)21-15(2,3)4/h7-8,18H,9H2,1-6H3. The van der Waals surface area contributed by atoms with E-state index in [1.807, 2.05) is 39.8 Å². The minimum absolute atomic E-state index is 0.211. The first-order valence-electron chi connectivity index (χ1n) is 7.07. The number of rotatable bonds is 0. The Bertz CT molecular complexity index is 576. The largest absolute Gasteiger partial charge is 0.443 e. The lowest BCUT2D eigenvalue weighted by molar-refractivity contribution is 0.0573. The van der Waals surface area contributed by atoms with Crippen molar-refractivity contribution in [2.75, 3.05) is 16.8 Å². The van der Waals surface area contributed by atoms with Gasteiger partial charge >= 0.3 is 6.09 Å². The lowest BCUT2D eigenvalue weighted by atomic mass is 9.98. The molecule has 1 aliphatic heterocycles. The molecule has 0 saturated heterocycles. The number of carbonyl (C=O) groups is 1. The minimum atomic E-state index is -0.504. The van der Waals surface area contributed by atoms with Gasteiger partial charge in [-0.3, -0.25) is 4.90 Å². The van der Waals surface area contributed by atoms with Gasteiger partial charge in [0.2, 0.25) is 0 Å². The van der Waals surface area contributed by atoms with Gasteiger partial charge in [0.15, 0.2) is 0 Å². The lowest BCUT2D eigenvalue weighted by Crippen LogP contribution is -2.52. The van der Waals surface area contributed by atoms with Gasteiger partial charge in [-0.05, 0) is 59.2 Å². The second-order valence-electron chi connectivity index (χ2n) is 7.19. The molecule has 0 atom stereocenters. The van der Waals surface area contributed by atoms with E-state index in [0.717, 1.165) is 21.4 Å². The Balaban J connectivity index is 2.46. The first-order valence-corrected chi connectivity index (χ1v) is 7.87. The molecule has 0 radical (unpaired) electrons. The fourth-order valence-corrected chi connectivity index (χ4v) is 3.11. The Morgan fingerprint density at radius 2 is 2.00 bits per heavy atom. The van der Waals surface area contributed by atoms with Gasteiger partial charge in [-0.1, -0.05) is 15.9 Å². The topological polar surface area (TPSA) is 41.6 Å². The molecule has 0 spiro atoms. The van der Waals surface area contributed by atoms with Crippen LogP contribution < -0.4 is 10.2 Å². The minimum Gasteiger partial charge on any atom is -0.443 e. The lowest BCUT2D eigenvalue weighted by Gasteiger charge is -2.42. The molecule has 0 aromatic heterocycles. The van der Waals surface area contributed by atoms with Crippen LogP contribution in [0.4, 0.5) is 16.2 Å².